The van der Waals surface area contributed by atoms with Crippen LogP contribution in [0.15, 0.2) is 40.9 Å². The molecule has 2 atom stereocenters. The smallest absolute Gasteiger partial charge is 0.230 e. The molecule has 1 saturated heterocycles. The maximum Gasteiger partial charge on any atom is 0.230 e. The Morgan fingerprint density at radius 1 is 1.23 bits per heavy atom. The van der Waals surface area contributed by atoms with Crippen molar-refractivity contribution < 1.29 is 18.3 Å². The van der Waals surface area contributed by atoms with E-state index >= 15 is 0 Å². The Morgan fingerprint density at radius 2 is 2.00 bits per heavy atom. The number of carbonyl (C=O) groups is 1. The number of nitrogens with zero attached hydrogens (tertiary/aromatic N) is 1. The van der Waals surface area contributed by atoms with Gasteiger partial charge in [-0.2, -0.15) is 0 Å². The summed E-state index contributed by atoms with van der Waals surface area (Å²) in [4.78, 5) is 15.8. The summed E-state index contributed by atoms with van der Waals surface area (Å²) in [5.74, 6) is -2.24. The largest absolute Gasteiger partial charge is 0.365 e. The lowest BCUT2D eigenvalue weighted by molar-refractivity contribution is -0.157. The van der Waals surface area contributed by atoms with Crippen LogP contribution in [0.4, 0.5) is 8.78 Å². The number of hydrogen-bond donors (Lipinski definition) is 1. The van der Waals surface area contributed by atoms with Crippen LogP contribution in [0.1, 0.15) is 36.0 Å². The molecule has 2 aromatic rings. The predicted octanol–water partition coefficient (Wildman–Crippen LogP) is 4.25. The fraction of sp³-hybridized carbons (Fsp3) is 0.435. The van der Waals surface area contributed by atoms with Crippen molar-refractivity contribution >= 4 is 21.8 Å². The SMILES string of the molecule is O=C([C@H]1CNCC[C@@]12OCc1cc(F)c(F)cc12)N(Cc1ccccc1Br)C1CC1. The van der Waals surface area contributed by atoms with Gasteiger partial charge in [0.15, 0.2) is 11.6 Å². The van der Waals surface area contributed by atoms with Crippen molar-refractivity contribution in [1.82, 2.24) is 10.2 Å². The first-order valence-electron chi connectivity index (χ1n) is 10.4. The fourth-order valence-corrected chi connectivity index (χ4v) is 5.22. The minimum atomic E-state index is -0.909. The molecule has 2 aromatic carbocycles. The molecule has 158 valence electrons. The molecule has 3 aliphatic rings. The topological polar surface area (TPSA) is 41.6 Å². The number of benzene rings is 2. The Hall–Kier alpha value is -1.83. The van der Waals surface area contributed by atoms with Gasteiger partial charge in [-0.15, -0.1) is 0 Å². The van der Waals surface area contributed by atoms with Crippen LogP contribution in [-0.4, -0.2) is 29.9 Å². The first-order valence-corrected chi connectivity index (χ1v) is 11.2. The molecule has 1 saturated carbocycles. The van der Waals surface area contributed by atoms with Crippen LogP contribution in [0, 0.1) is 17.6 Å². The van der Waals surface area contributed by atoms with Gasteiger partial charge in [-0.3, -0.25) is 4.79 Å². The highest BCUT2D eigenvalue weighted by Crippen LogP contribution is 2.48. The van der Waals surface area contributed by atoms with E-state index in [2.05, 4.69) is 21.2 Å². The molecule has 30 heavy (non-hydrogen) atoms. The average molecular weight is 477 g/mol. The molecule has 1 spiro atoms. The molecular weight excluding hydrogens is 454 g/mol. The van der Waals surface area contributed by atoms with Crippen molar-refractivity contribution in [2.24, 2.45) is 5.92 Å². The van der Waals surface area contributed by atoms with E-state index in [9.17, 15) is 13.6 Å². The van der Waals surface area contributed by atoms with E-state index in [0.29, 0.717) is 37.2 Å². The first-order chi connectivity index (χ1) is 14.5. The summed E-state index contributed by atoms with van der Waals surface area (Å²) >= 11 is 3.58. The van der Waals surface area contributed by atoms with Crippen LogP contribution in [0.25, 0.3) is 0 Å². The molecule has 1 aliphatic carbocycles. The molecule has 0 bridgehead atoms. The summed E-state index contributed by atoms with van der Waals surface area (Å²) in [7, 11) is 0. The Kier molecular flexibility index (Phi) is 5.16. The molecular formula is C23H23BrF2N2O2. The van der Waals surface area contributed by atoms with Gasteiger partial charge in [0, 0.05) is 23.6 Å². The van der Waals surface area contributed by atoms with Gasteiger partial charge >= 0.3 is 0 Å². The van der Waals surface area contributed by atoms with E-state index in [1.54, 1.807) is 0 Å². The standard InChI is InChI=1S/C23H23BrF2N2O2/c24-19-4-2-1-3-14(19)12-28(16-5-6-16)22(29)18-11-27-8-7-23(18)17-10-21(26)20(25)9-15(17)13-30-23/h1-4,9-10,16,18,27H,5-8,11-13H2/t18-,23+/m1/s1. The Morgan fingerprint density at radius 3 is 2.77 bits per heavy atom. The van der Waals surface area contributed by atoms with Crippen LogP contribution >= 0.6 is 15.9 Å². The van der Waals surface area contributed by atoms with Gasteiger partial charge in [0.05, 0.1) is 12.5 Å². The summed E-state index contributed by atoms with van der Waals surface area (Å²) < 4.78 is 35.1. The average Bonchev–Trinajstić information content (AvgIpc) is 3.53. The lowest BCUT2D eigenvalue weighted by Crippen LogP contribution is -2.55. The maximum absolute atomic E-state index is 14.1. The van der Waals surface area contributed by atoms with Crippen molar-refractivity contribution in [3.63, 3.8) is 0 Å². The van der Waals surface area contributed by atoms with Crippen molar-refractivity contribution in [2.75, 3.05) is 13.1 Å². The normalized spacial score (nSPS) is 25.4. The summed E-state index contributed by atoms with van der Waals surface area (Å²) in [5, 5.41) is 3.31. The van der Waals surface area contributed by atoms with Crippen molar-refractivity contribution in [3.05, 3.63) is 69.2 Å². The molecule has 2 aliphatic heterocycles. The molecule has 7 heteroatoms. The summed E-state index contributed by atoms with van der Waals surface area (Å²) in [5.41, 5.74) is 1.40. The first kappa shape index (κ1) is 20.1. The second-order valence-corrected chi connectivity index (χ2v) is 9.25. The number of halogens is 3. The van der Waals surface area contributed by atoms with Gasteiger partial charge in [-0.1, -0.05) is 34.1 Å². The molecule has 2 fully saturated rings. The van der Waals surface area contributed by atoms with Gasteiger partial charge in [0.2, 0.25) is 5.91 Å². The second-order valence-electron chi connectivity index (χ2n) is 8.40. The summed E-state index contributed by atoms with van der Waals surface area (Å²) in [6, 6.07) is 10.6. The van der Waals surface area contributed by atoms with Gasteiger partial charge in [0.1, 0.15) is 5.60 Å². The van der Waals surface area contributed by atoms with Gasteiger partial charge in [0.25, 0.3) is 0 Å². The maximum atomic E-state index is 14.1. The molecule has 0 radical (unpaired) electrons. The van der Waals surface area contributed by atoms with Gasteiger partial charge in [-0.25, -0.2) is 8.78 Å². The number of hydrogen-bond acceptors (Lipinski definition) is 3. The Bertz CT molecular complexity index is 997. The fourth-order valence-electron chi connectivity index (χ4n) is 4.81. The quantitative estimate of drug-likeness (QED) is 0.716. The van der Waals surface area contributed by atoms with E-state index in [1.165, 1.54) is 12.1 Å². The zero-order chi connectivity index (χ0) is 20.9. The lowest BCUT2D eigenvalue weighted by Gasteiger charge is -2.43. The third-order valence-corrected chi connectivity index (χ3v) is 7.31. The van der Waals surface area contributed by atoms with Crippen LogP contribution in [0.3, 0.4) is 0 Å². The zero-order valence-corrected chi connectivity index (χ0v) is 18.1. The van der Waals surface area contributed by atoms with E-state index < -0.39 is 23.2 Å². The highest BCUT2D eigenvalue weighted by atomic mass is 79.9. The van der Waals surface area contributed by atoms with E-state index in [1.807, 2.05) is 29.2 Å². The number of rotatable bonds is 4. The van der Waals surface area contributed by atoms with Crippen LogP contribution in [0.5, 0.6) is 0 Å². The molecule has 1 N–H and O–H groups in total. The molecule has 1 amide bonds. The predicted molar refractivity (Wildman–Crippen MR) is 112 cm³/mol. The highest BCUT2D eigenvalue weighted by Gasteiger charge is 2.53. The van der Waals surface area contributed by atoms with E-state index in [0.717, 1.165) is 22.9 Å². The number of fused-ring (bicyclic) bond motifs is 2. The van der Waals surface area contributed by atoms with Crippen LogP contribution < -0.4 is 5.32 Å². The number of amides is 1. The minimum absolute atomic E-state index is 0.0121. The lowest BCUT2D eigenvalue weighted by atomic mass is 9.75. The Labute approximate surface area is 182 Å². The van der Waals surface area contributed by atoms with Gasteiger partial charge < -0.3 is 15.0 Å². The summed E-state index contributed by atoms with van der Waals surface area (Å²) in [6.07, 6.45) is 2.52. The molecule has 0 aromatic heterocycles. The Balaban J connectivity index is 1.50. The van der Waals surface area contributed by atoms with Crippen LogP contribution in [-0.2, 0) is 28.3 Å². The van der Waals surface area contributed by atoms with Crippen LogP contribution in [0.2, 0.25) is 0 Å². The highest BCUT2D eigenvalue weighted by molar-refractivity contribution is 9.10. The number of carbonyl (C=O) groups excluding carboxylic acids is 1. The molecule has 5 rings (SSSR count). The van der Waals surface area contributed by atoms with Gasteiger partial charge in [-0.05, 0) is 60.7 Å². The number of nitrogens with one attached hydrogen (secondary N) is 1. The monoisotopic (exact) mass is 476 g/mol. The summed E-state index contributed by atoms with van der Waals surface area (Å²) in [6.45, 7) is 1.83. The third kappa shape index (κ3) is 3.37. The zero-order valence-electron chi connectivity index (χ0n) is 16.5. The van der Waals surface area contributed by atoms with E-state index in [-0.39, 0.29) is 18.6 Å². The molecule has 0 unspecified atom stereocenters. The van der Waals surface area contributed by atoms with Crippen molar-refractivity contribution in [2.45, 2.75) is 44.1 Å². The molecule has 4 nitrogen and oxygen atoms in total. The molecule has 2 heterocycles. The minimum Gasteiger partial charge on any atom is -0.365 e. The third-order valence-electron chi connectivity index (χ3n) is 6.54. The van der Waals surface area contributed by atoms with Crippen molar-refractivity contribution in [3.8, 4) is 0 Å². The van der Waals surface area contributed by atoms with Crippen molar-refractivity contribution in [1.29, 1.82) is 0 Å². The second kappa shape index (κ2) is 7.70. The number of piperidine rings is 1. The van der Waals surface area contributed by atoms with E-state index in [4.69, 9.17) is 4.74 Å². The number of ether oxygens (including phenoxy) is 1.